The Morgan fingerprint density at radius 2 is 0.229 bits per heavy atom. The van der Waals surface area contributed by atoms with E-state index in [9.17, 15) is 0 Å². The van der Waals surface area contributed by atoms with Gasteiger partial charge in [-0.15, -0.1) is 0 Å². The molecular formula is C78H36N6O12. The van der Waals surface area contributed by atoms with Crippen molar-refractivity contribution in [3.63, 3.8) is 0 Å². The van der Waals surface area contributed by atoms with Crippen molar-refractivity contribution >= 4 is 170 Å². The zero-order valence-electron chi connectivity index (χ0n) is 49.4. The molecule has 18 heteroatoms. The minimum absolute atomic E-state index is 0.123. The molecule has 13 aromatic carbocycles. The normalized spacial score (nSPS) is 15.6. The maximum absolute atomic E-state index is 16.8. The Morgan fingerprint density at radius 3 is 0.323 bits per heavy atom. The fourth-order valence-corrected chi connectivity index (χ4v) is 15.3. The molecule has 450 valence electrons. The van der Waals surface area contributed by atoms with E-state index < -0.39 is 105 Å². The first-order chi connectivity index (χ1) is 46.7. The molecular weight excluding hydrogens is 1210 g/mol. The Labute approximate surface area is 539 Å². The summed E-state index contributed by atoms with van der Waals surface area (Å²) in [6.45, 7) is 0. The van der Waals surface area contributed by atoms with Crippen LogP contribution in [-0.4, -0.2) is 70.9 Å². The van der Waals surface area contributed by atoms with Crippen LogP contribution in [0.15, 0.2) is 218 Å². The van der Waals surface area contributed by atoms with Crippen LogP contribution in [0, 0.1) is 0 Å². The third-order valence-electron chi connectivity index (χ3n) is 19.3. The van der Waals surface area contributed by atoms with Crippen molar-refractivity contribution in [2.24, 2.45) is 0 Å². The number of nitrogens with zero attached hydrogens (tertiary/aromatic N) is 6. The zero-order chi connectivity index (χ0) is 65.2. The van der Waals surface area contributed by atoms with E-state index in [1.807, 2.05) is 0 Å². The van der Waals surface area contributed by atoms with Crippen LogP contribution in [0.3, 0.4) is 0 Å². The first-order valence-corrected chi connectivity index (χ1v) is 30.4. The number of amides is 12. The highest BCUT2D eigenvalue weighted by Crippen LogP contribution is 2.63. The maximum Gasteiger partial charge on any atom is 0.266 e. The highest BCUT2D eigenvalue weighted by atomic mass is 16.2. The van der Waals surface area contributed by atoms with Crippen LogP contribution in [0.2, 0.25) is 0 Å². The smallest absolute Gasteiger partial charge is 0.266 e. The summed E-state index contributed by atoms with van der Waals surface area (Å²) in [4.78, 5) is 204. The quantitative estimate of drug-likeness (QED) is 0.142. The number of benzene rings is 13. The maximum atomic E-state index is 16.8. The summed E-state index contributed by atoms with van der Waals surface area (Å²) < 4.78 is 0. The van der Waals surface area contributed by atoms with Gasteiger partial charge in [0.2, 0.25) is 0 Å². The number of rotatable bonds is 6. The molecule has 0 saturated carbocycles. The lowest BCUT2D eigenvalue weighted by Crippen LogP contribution is -2.52. The van der Waals surface area contributed by atoms with Crippen molar-refractivity contribution < 1.29 is 57.5 Å². The summed E-state index contributed by atoms with van der Waals surface area (Å²) >= 11 is 0. The molecule has 96 heavy (non-hydrogen) atoms. The number of hydrogen-bond donors (Lipinski definition) is 0. The van der Waals surface area contributed by atoms with E-state index in [1.165, 1.54) is 146 Å². The molecule has 13 aromatic rings. The van der Waals surface area contributed by atoms with Crippen LogP contribution < -0.4 is 29.4 Å². The second-order valence-corrected chi connectivity index (χ2v) is 24.0. The molecule has 0 aliphatic carbocycles. The number of carbonyl (C=O) groups excluding carboxylic acids is 12. The van der Waals surface area contributed by atoms with E-state index in [4.69, 9.17) is 0 Å². The molecule has 0 aromatic heterocycles. The van der Waals surface area contributed by atoms with Crippen LogP contribution in [-0.2, 0) is 0 Å². The highest BCUT2D eigenvalue weighted by Gasteiger charge is 2.55. The minimum atomic E-state index is -1.25. The van der Waals surface area contributed by atoms with Crippen molar-refractivity contribution in [1.29, 1.82) is 0 Å². The molecule has 0 atom stereocenters. The van der Waals surface area contributed by atoms with Crippen LogP contribution in [0.25, 0.3) is 64.6 Å². The van der Waals surface area contributed by atoms with Crippen LogP contribution in [0.1, 0.15) is 124 Å². The topological polar surface area (TPSA) is 224 Å². The van der Waals surface area contributed by atoms with Gasteiger partial charge >= 0.3 is 0 Å². The monoisotopic (exact) mass is 1250 g/mol. The Kier molecular flexibility index (Phi) is 10.7. The third-order valence-corrected chi connectivity index (χ3v) is 19.3. The summed E-state index contributed by atoms with van der Waals surface area (Å²) in [6.07, 6.45) is 0. The van der Waals surface area contributed by atoms with E-state index in [0.717, 1.165) is 0 Å². The second kappa shape index (κ2) is 18.9. The Morgan fingerprint density at radius 1 is 0.135 bits per heavy atom. The van der Waals surface area contributed by atoms with Crippen molar-refractivity contribution in [1.82, 2.24) is 0 Å². The van der Waals surface area contributed by atoms with Crippen molar-refractivity contribution in [2.75, 3.05) is 29.4 Å². The van der Waals surface area contributed by atoms with Crippen molar-refractivity contribution in [3.8, 4) is 0 Å². The Hall–Kier alpha value is -13.7. The molecule has 0 unspecified atom stereocenters. The van der Waals surface area contributed by atoms with Gasteiger partial charge in [-0.1, -0.05) is 146 Å². The molecule has 0 fully saturated rings. The van der Waals surface area contributed by atoms with Gasteiger partial charge in [0, 0.05) is 99.1 Å². The number of anilines is 6. The van der Waals surface area contributed by atoms with E-state index >= 15 is 57.5 Å². The fourth-order valence-electron chi connectivity index (χ4n) is 15.3. The highest BCUT2D eigenvalue weighted by molar-refractivity contribution is 6.51. The van der Waals surface area contributed by atoms with E-state index in [1.54, 1.807) is 72.8 Å². The lowest BCUT2D eigenvalue weighted by Gasteiger charge is -2.44. The first kappa shape index (κ1) is 54.0. The van der Waals surface area contributed by atoms with Gasteiger partial charge in [-0.2, -0.15) is 0 Å². The zero-order valence-corrected chi connectivity index (χ0v) is 49.4. The molecule has 0 bridgehead atoms. The summed E-state index contributed by atoms with van der Waals surface area (Å²) in [6, 6.07) is 54.7. The van der Waals surface area contributed by atoms with Crippen LogP contribution in [0.5, 0.6) is 0 Å². The van der Waals surface area contributed by atoms with Gasteiger partial charge in [0.1, 0.15) is 34.1 Å². The lowest BCUT2D eigenvalue weighted by molar-refractivity contribution is 0.0860. The molecule has 0 saturated heterocycles. The number of carbonyl (C=O) groups is 12. The molecule has 6 heterocycles. The molecule has 0 N–H and O–H groups in total. The first-order valence-electron chi connectivity index (χ1n) is 30.4. The molecule has 6 aliphatic rings. The summed E-state index contributed by atoms with van der Waals surface area (Å²) in [5.41, 5.74) is -9.08. The molecule has 18 nitrogen and oxygen atoms in total. The molecule has 0 radical (unpaired) electrons. The average molecular weight is 1250 g/mol. The predicted molar refractivity (Wildman–Crippen MR) is 357 cm³/mol. The minimum Gasteiger partial charge on any atom is -0.268 e. The van der Waals surface area contributed by atoms with Gasteiger partial charge in [0.15, 0.2) is 0 Å². The van der Waals surface area contributed by atoms with Gasteiger partial charge in [-0.05, 0) is 105 Å². The summed E-state index contributed by atoms with van der Waals surface area (Å²) in [5.74, 6) is -15.0. The van der Waals surface area contributed by atoms with Gasteiger partial charge in [-0.25, -0.2) is 29.4 Å². The predicted octanol–water partition coefficient (Wildman–Crippen LogP) is 13.4. The SMILES string of the molecule is O=C1c2cccc3cccc(c23)C(=O)N1c1c(N2C(=O)c3cccc4cccc(c34)C2=O)c(N2C(=O)c3cccc4cccc(c34)C2=O)c(N2C(=O)c3cccc4cccc(c34)C2=O)c(N2C(=O)c3cccc4cccc(c34)C2=O)c1N1C(=O)c2cccc3cccc(c23)C1=O. The van der Waals surface area contributed by atoms with Gasteiger partial charge in [-0.3, -0.25) is 57.5 Å². The standard InChI is InChI=1S/C78H36N6O12/c85-67-43-25-1-13-37-14-2-26-44(55(37)43)68(86)79(67)61-62(80-69(87)45-27-3-15-38-16-4-28-46(56(38)45)70(80)88)64(82-73(91)49-31-7-19-40-20-8-32-50(58(40)49)74(82)92)66(84-77(95)53-35-11-23-42-24-12-36-54(60(42)53)78(84)96)65(83-75(93)51-33-9-21-41-22-10-34-52(59(41)51)76(83)94)63(61)81-71(89)47-29-5-17-39-18-6-30-48(57(39)47)72(81)90/h1-36H. The Bertz CT molecular complexity index is 4900. The fraction of sp³-hybridized carbons (Fsp3) is 0. The summed E-state index contributed by atoms with van der Waals surface area (Å²) in [7, 11) is 0. The molecule has 0 spiro atoms. The largest absolute Gasteiger partial charge is 0.268 e. The van der Waals surface area contributed by atoms with Gasteiger partial charge in [0.25, 0.3) is 70.9 Å². The second-order valence-electron chi connectivity index (χ2n) is 24.0. The Balaban J connectivity index is 1.09. The summed E-state index contributed by atoms with van der Waals surface area (Å²) in [5, 5.41) is 3.11. The van der Waals surface area contributed by atoms with E-state index in [2.05, 4.69) is 0 Å². The molecule has 6 aliphatic heterocycles. The van der Waals surface area contributed by atoms with Crippen molar-refractivity contribution in [2.45, 2.75) is 0 Å². The number of imide groups is 6. The van der Waals surface area contributed by atoms with Crippen LogP contribution in [0.4, 0.5) is 34.1 Å². The lowest BCUT2D eigenvalue weighted by atomic mass is 9.87. The van der Waals surface area contributed by atoms with E-state index in [-0.39, 0.29) is 99.1 Å². The number of hydrogen-bond acceptors (Lipinski definition) is 12. The van der Waals surface area contributed by atoms with Crippen LogP contribution >= 0.6 is 0 Å². The van der Waals surface area contributed by atoms with E-state index in [0.29, 0.717) is 61.7 Å². The third kappa shape index (κ3) is 6.70. The molecule has 12 amide bonds. The average Bonchev–Trinajstić information content (AvgIpc) is 0.676. The molecule has 19 rings (SSSR count). The van der Waals surface area contributed by atoms with Gasteiger partial charge in [0.05, 0.1) is 0 Å². The van der Waals surface area contributed by atoms with Gasteiger partial charge < -0.3 is 0 Å². The van der Waals surface area contributed by atoms with Crippen molar-refractivity contribution in [3.05, 3.63) is 285 Å².